The number of anilines is 2. The quantitative estimate of drug-likeness (QED) is 0.107. The van der Waals surface area contributed by atoms with Crippen molar-refractivity contribution in [1.29, 1.82) is 0 Å². The lowest BCUT2D eigenvalue weighted by Gasteiger charge is -2.24. The molecule has 2 amide bonds. The first-order valence-corrected chi connectivity index (χ1v) is 22.7. The minimum atomic E-state index is -0.534. The summed E-state index contributed by atoms with van der Waals surface area (Å²) in [4.78, 5) is 47.2. The predicted octanol–water partition coefficient (Wildman–Crippen LogP) is 10.3. The zero-order valence-corrected chi connectivity index (χ0v) is 39.9. The molecule has 0 bridgehead atoms. The molecule has 2 aliphatic heterocycles. The minimum Gasteiger partial charge on any atom is -0.507 e. The van der Waals surface area contributed by atoms with E-state index in [2.05, 4.69) is 31.5 Å². The van der Waals surface area contributed by atoms with Crippen molar-refractivity contribution in [3.63, 3.8) is 0 Å². The number of hydrogen-bond acceptors (Lipinski definition) is 13. The molecular formula is C50H57BrN8O7. The molecule has 0 saturated carbocycles. The Morgan fingerprint density at radius 3 is 1.64 bits per heavy atom. The third-order valence-corrected chi connectivity index (χ3v) is 11.1. The summed E-state index contributed by atoms with van der Waals surface area (Å²) in [6.07, 6.45) is 4.87. The number of para-hydroxylation sites is 2. The second-order valence-corrected chi connectivity index (χ2v) is 19.1. The number of carbonyl (C=O) groups excluding carboxylic acids is 2. The summed E-state index contributed by atoms with van der Waals surface area (Å²) in [5, 5.41) is 29.4. The van der Waals surface area contributed by atoms with Crippen molar-refractivity contribution in [3.8, 4) is 34.3 Å². The zero-order chi connectivity index (χ0) is 47.2. The van der Waals surface area contributed by atoms with Gasteiger partial charge in [-0.3, -0.25) is 0 Å². The number of likely N-dealkylation sites (tertiary alicyclic amines) is 2. The van der Waals surface area contributed by atoms with E-state index >= 15 is 0 Å². The first-order chi connectivity index (χ1) is 31.4. The maximum Gasteiger partial charge on any atom is 0.410 e. The number of halogens is 1. The van der Waals surface area contributed by atoms with E-state index in [1.165, 1.54) is 0 Å². The monoisotopic (exact) mass is 960 g/mol. The molecule has 0 aliphatic carbocycles. The number of phenols is 2. The average molecular weight is 962 g/mol. The normalized spacial score (nSPS) is 16.4. The second-order valence-electron chi connectivity index (χ2n) is 18.2. The SMILES string of the molecule is CC(C)(C)OC(=O)N1CC[C@H](Nc2nc(-c3ccccc3O)nc3cc(Br)ccc23)C1.COC/C=C/c1ccc2c(N[C@H]3CCN(C(=O)OC(C)(C)C)C3)nc(-c3ccccc3O)nc2c1. The number of hydrogen-bond donors (Lipinski definition) is 4. The van der Waals surface area contributed by atoms with Gasteiger partial charge in [0.2, 0.25) is 0 Å². The van der Waals surface area contributed by atoms with Crippen LogP contribution in [0.2, 0.25) is 0 Å². The van der Waals surface area contributed by atoms with Crippen molar-refractivity contribution in [1.82, 2.24) is 29.7 Å². The number of amides is 2. The average Bonchev–Trinajstić information content (AvgIpc) is 3.93. The van der Waals surface area contributed by atoms with E-state index in [0.29, 0.717) is 67.2 Å². The van der Waals surface area contributed by atoms with Crippen molar-refractivity contribution in [2.75, 3.05) is 50.5 Å². The molecule has 15 nitrogen and oxygen atoms in total. The fraction of sp³-hybridized carbons (Fsp3) is 0.360. The molecule has 2 saturated heterocycles. The number of methoxy groups -OCH3 is 1. The van der Waals surface area contributed by atoms with E-state index < -0.39 is 11.2 Å². The number of rotatable bonds is 9. The molecule has 6 aromatic rings. The molecule has 0 radical (unpaired) electrons. The minimum absolute atomic E-state index is 0.0131. The number of nitrogens with one attached hydrogen (secondary N) is 2. The first-order valence-electron chi connectivity index (χ1n) is 21.9. The van der Waals surface area contributed by atoms with Crippen LogP contribution in [0.5, 0.6) is 11.5 Å². The summed E-state index contributed by atoms with van der Waals surface area (Å²) < 4.78 is 17.0. The van der Waals surface area contributed by atoms with Crippen molar-refractivity contribution in [3.05, 3.63) is 101 Å². The van der Waals surface area contributed by atoms with Gasteiger partial charge in [0, 0.05) is 60.6 Å². The van der Waals surface area contributed by atoms with Crippen LogP contribution >= 0.6 is 15.9 Å². The highest BCUT2D eigenvalue weighted by Crippen LogP contribution is 2.34. The summed E-state index contributed by atoms with van der Waals surface area (Å²) in [6.45, 7) is 14.0. The maximum atomic E-state index is 12.5. The zero-order valence-electron chi connectivity index (χ0n) is 38.3. The number of nitrogens with zero attached hydrogens (tertiary/aromatic N) is 6. The predicted molar refractivity (Wildman–Crippen MR) is 262 cm³/mol. The fourth-order valence-electron chi connectivity index (χ4n) is 7.55. The molecule has 346 valence electrons. The fourth-order valence-corrected chi connectivity index (χ4v) is 7.90. The molecule has 4 aromatic carbocycles. The number of aromatic hydroxyl groups is 2. The Bertz CT molecular complexity index is 2740. The Morgan fingerprint density at radius 2 is 1.17 bits per heavy atom. The van der Waals surface area contributed by atoms with Gasteiger partial charge in [0.1, 0.15) is 34.3 Å². The highest BCUT2D eigenvalue weighted by atomic mass is 79.9. The highest BCUT2D eigenvalue weighted by molar-refractivity contribution is 9.10. The highest BCUT2D eigenvalue weighted by Gasteiger charge is 2.32. The van der Waals surface area contributed by atoms with Gasteiger partial charge in [-0.2, -0.15) is 0 Å². The molecule has 16 heteroatoms. The lowest BCUT2D eigenvalue weighted by atomic mass is 10.1. The third kappa shape index (κ3) is 12.2. The van der Waals surface area contributed by atoms with Gasteiger partial charge in [0.25, 0.3) is 0 Å². The second kappa shape index (κ2) is 20.3. The largest absolute Gasteiger partial charge is 0.507 e. The summed E-state index contributed by atoms with van der Waals surface area (Å²) in [6, 6.07) is 25.9. The van der Waals surface area contributed by atoms with Crippen LogP contribution in [-0.4, -0.2) is 115 Å². The molecule has 4 heterocycles. The molecule has 0 unspecified atom stereocenters. The van der Waals surface area contributed by atoms with E-state index in [1.807, 2.05) is 102 Å². The van der Waals surface area contributed by atoms with E-state index in [1.54, 1.807) is 53.3 Å². The summed E-state index contributed by atoms with van der Waals surface area (Å²) in [5.74, 6) is 2.44. The molecular weight excluding hydrogens is 905 g/mol. The smallest absolute Gasteiger partial charge is 0.410 e. The van der Waals surface area contributed by atoms with E-state index in [9.17, 15) is 19.8 Å². The Balaban J connectivity index is 0.000000198. The molecule has 66 heavy (non-hydrogen) atoms. The molecule has 2 aromatic heterocycles. The topological polar surface area (TPSA) is 184 Å². The third-order valence-electron chi connectivity index (χ3n) is 10.6. The Morgan fingerprint density at radius 1 is 0.697 bits per heavy atom. The van der Waals surface area contributed by atoms with Gasteiger partial charge >= 0.3 is 12.2 Å². The number of ether oxygens (including phenoxy) is 3. The number of phenolic OH excluding ortho intramolecular Hbond substituents is 2. The Kier molecular flexibility index (Phi) is 14.6. The van der Waals surface area contributed by atoms with Crippen molar-refractivity contribution < 1.29 is 34.0 Å². The van der Waals surface area contributed by atoms with Crippen LogP contribution in [0, 0.1) is 0 Å². The van der Waals surface area contributed by atoms with Crippen LogP contribution in [0.4, 0.5) is 21.2 Å². The van der Waals surface area contributed by atoms with Gasteiger partial charge < -0.3 is 44.9 Å². The molecule has 2 aliphatic rings. The number of fused-ring (bicyclic) bond motifs is 2. The van der Waals surface area contributed by atoms with Gasteiger partial charge in [-0.05, 0) is 115 Å². The van der Waals surface area contributed by atoms with Gasteiger partial charge in [0.05, 0.1) is 28.8 Å². The molecule has 4 N–H and O–H groups in total. The summed E-state index contributed by atoms with van der Waals surface area (Å²) >= 11 is 3.50. The molecule has 0 spiro atoms. The van der Waals surface area contributed by atoms with Crippen LogP contribution < -0.4 is 10.6 Å². The summed E-state index contributed by atoms with van der Waals surface area (Å²) in [5.41, 5.74) is 2.56. The van der Waals surface area contributed by atoms with Crippen LogP contribution in [0.15, 0.2) is 95.5 Å². The first kappa shape index (κ1) is 47.4. The van der Waals surface area contributed by atoms with Crippen molar-refractivity contribution >= 4 is 67.6 Å². The Hall–Kier alpha value is -6.52. The van der Waals surface area contributed by atoms with E-state index in [-0.39, 0.29) is 35.8 Å². The molecule has 2 fully saturated rings. The van der Waals surface area contributed by atoms with Crippen LogP contribution in [0.1, 0.15) is 59.9 Å². The van der Waals surface area contributed by atoms with Crippen molar-refractivity contribution in [2.24, 2.45) is 0 Å². The Labute approximate surface area is 393 Å². The van der Waals surface area contributed by atoms with Crippen LogP contribution in [-0.2, 0) is 14.2 Å². The molecule has 2 atom stereocenters. The maximum absolute atomic E-state index is 12.5. The summed E-state index contributed by atoms with van der Waals surface area (Å²) in [7, 11) is 1.65. The van der Waals surface area contributed by atoms with Crippen LogP contribution in [0.25, 0.3) is 50.7 Å². The van der Waals surface area contributed by atoms with Gasteiger partial charge in [-0.25, -0.2) is 29.5 Å². The van der Waals surface area contributed by atoms with Gasteiger partial charge in [-0.1, -0.05) is 58.4 Å². The standard InChI is InChI=1S/C27H32N4O4.C23H25BrN4O3/c1-27(2,3)35-26(33)31-14-13-19(17-31)28-24-20-12-11-18(8-7-15-34-4)16-22(20)29-25(30-24)21-9-5-6-10-23(21)32;1-23(2,3)31-22(30)28-11-10-15(13-28)25-20-16-9-8-14(24)12-18(16)26-21(27-20)17-6-4-5-7-19(17)29/h5-12,16,19,32H,13-15,17H2,1-4H3,(H,28,29,30);4-9,12,15,29H,10-11,13H2,1-3H3,(H,25,26,27)/b8-7+;/t19-;15-/m00/s1. The molecule has 8 rings (SSSR count). The van der Waals surface area contributed by atoms with Gasteiger partial charge in [0.15, 0.2) is 11.6 Å². The van der Waals surface area contributed by atoms with Gasteiger partial charge in [-0.15, -0.1) is 0 Å². The number of carbonyl (C=O) groups is 2. The number of aromatic nitrogens is 4. The van der Waals surface area contributed by atoms with E-state index in [4.69, 9.17) is 29.2 Å². The number of benzene rings is 4. The van der Waals surface area contributed by atoms with Crippen molar-refractivity contribution in [2.45, 2.75) is 77.7 Å². The van der Waals surface area contributed by atoms with Crippen LogP contribution in [0.3, 0.4) is 0 Å². The lowest BCUT2D eigenvalue weighted by Crippen LogP contribution is -2.36. The lowest BCUT2D eigenvalue weighted by molar-refractivity contribution is 0.0283. The van der Waals surface area contributed by atoms with E-state index in [0.717, 1.165) is 44.7 Å².